The highest BCUT2D eigenvalue weighted by atomic mass is 35.5. The first kappa shape index (κ1) is 19.2. The molecular weight excluding hydrogens is 362 g/mol. The molecule has 2 amide bonds. The minimum Gasteiger partial charge on any atom is -0.338 e. The van der Waals surface area contributed by atoms with Crippen LogP contribution in [0, 0.1) is 19.8 Å². The number of halogens is 1. The van der Waals surface area contributed by atoms with Gasteiger partial charge in [-0.1, -0.05) is 34.9 Å². The lowest BCUT2D eigenvalue weighted by Gasteiger charge is -2.32. The second kappa shape index (κ2) is 8.44. The van der Waals surface area contributed by atoms with Gasteiger partial charge in [0.2, 0.25) is 5.91 Å². The van der Waals surface area contributed by atoms with Crippen molar-refractivity contribution < 1.29 is 9.59 Å². The van der Waals surface area contributed by atoms with Crippen LogP contribution in [0.4, 0.5) is 5.69 Å². The number of hydrazine groups is 1. The van der Waals surface area contributed by atoms with E-state index < -0.39 is 0 Å². The van der Waals surface area contributed by atoms with Gasteiger partial charge in [-0.2, -0.15) is 0 Å². The summed E-state index contributed by atoms with van der Waals surface area (Å²) in [7, 11) is 0. The molecule has 1 saturated heterocycles. The molecule has 0 aromatic heterocycles. The smallest absolute Gasteiger partial charge is 0.253 e. The van der Waals surface area contributed by atoms with Crippen molar-refractivity contribution in [3.05, 3.63) is 64.2 Å². The van der Waals surface area contributed by atoms with Crippen molar-refractivity contribution in [3.8, 4) is 0 Å². The van der Waals surface area contributed by atoms with E-state index in [-0.39, 0.29) is 17.7 Å². The molecule has 2 N–H and O–H groups in total. The average Bonchev–Trinajstić information content (AvgIpc) is 2.65. The monoisotopic (exact) mass is 385 g/mol. The summed E-state index contributed by atoms with van der Waals surface area (Å²) in [6.07, 6.45) is 1.57. The van der Waals surface area contributed by atoms with Crippen molar-refractivity contribution in [2.24, 2.45) is 5.92 Å². The molecule has 0 spiro atoms. The van der Waals surface area contributed by atoms with Gasteiger partial charge in [0.05, 0.1) is 11.6 Å². The van der Waals surface area contributed by atoms with Crippen molar-refractivity contribution in [2.75, 3.05) is 18.5 Å². The number of amides is 2. The Labute approximate surface area is 164 Å². The Bertz CT molecular complexity index is 833. The number of piperidine rings is 1. The third kappa shape index (κ3) is 5.01. The Hall–Kier alpha value is -2.53. The normalized spacial score (nSPS) is 16.7. The predicted molar refractivity (Wildman–Crippen MR) is 108 cm³/mol. The topological polar surface area (TPSA) is 61.4 Å². The lowest BCUT2D eigenvalue weighted by Crippen LogP contribution is -2.46. The largest absolute Gasteiger partial charge is 0.338 e. The maximum atomic E-state index is 12.9. The highest BCUT2D eigenvalue weighted by Crippen LogP contribution is 2.20. The van der Waals surface area contributed by atoms with E-state index in [1.165, 1.54) is 0 Å². The van der Waals surface area contributed by atoms with Gasteiger partial charge in [-0.15, -0.1) is 0 Å². The summed E-state index contributed by atoms with van der Waals surface area (Å²) in [6.45, 7) is 5.07. The molecule has 1 aliphatic heterocycles. The zero-order chi connectivity index (χ0) is 19.4. The zero-order valence-corrected chi connectivity index (χ0v) is 16.3. The van der Waals surface area contributed by atoms with Gasteiger partial charge in [0, 0.05) is 23.7 Å². The Balaban J connectivity index is 1.61. The van der Waals surface area contributed by atoms with Crippen molar-refractivity contribution in [2.45, 2.75) is 26.7 Å². The molecule has 3 rings (SSSR count). The van der Waals surface area contributed by atoms with Crippen LogP contribution in [-0.4, -0.2) is 29.8 Å². The summed E-state index contributed by atoms with van der Waals surface area (Å²) in [5.74, 6) is -0.365. The number of carbonyl (C=O) groups is 2. The zero-order valence-electron chi connectivity index (χ0n) is 15.6. The molecule has 1 heterocycles. The standard InChI is InChI=1S/C21H24ClN3O2/c1-14-9-15(2)11-17(10-14)21(27)25-8-4-5-16(13-25)20(26)24-23-19-7-3-6-18(22)12-19/h3,6-7,9-12,16,23H,4-5,8,13H2,1-2H3,(H,24,26)/t16-/m0/s1. The molecule has 0 unspecified atom stereocenters. The van der Waals surface area contributed by atoms with Crippen LogP contribution in [-0.2, 0) is 4.79 Å². The summed E-state index contributed by atoms with van der Waals surface area (Å²) in [5.41, 5.74) is 9.15. The fourth-order valence-electron chi connectivity index (χ4n) is 3.46. The molecule has 1 aliphatic rings. The second-order valence-electron chi connectivity index (χ2n) is 7.09. The van der Waals surface area contributed by atoms with Crippen LogP contribution in [0.2, 0.25) is 5.02 Å². The molecule has 27 heavy (non-hydrogen) atoms. The Kier molecular flexibility index (Phi) is 6.01. The summed E-state index contributed by atoms with van der Waals surface area (Å²) in [4.78, 5) is 27.2. The molecule has 142 valence electrons. The first-order valence-corrected chi connectivity index (χ1v) is 9.49. The number of rotatable bonds is 4. The van der Waals surface area contributed by atoms with Crippen LogP contribution >= 0.6 is 11.6 Å². The number of nitrogens with zero attached hydrogens (tertiary/aromatic N) is 1. The fourth-order valence-corrected chi connectivity index (χ4v) is 3.65. The van der Waals surface area contributed by atoms with Gasteiger partial charge in [-0.25, -0.2) is 0 Å². The SMILES string of the molecule is Cc1cc(C)cc(C(=O)N2CCC[C@H](C(=O)NNc3cccc(Cl)c3)C2)c1. The van der Waals surface area contributed by atoms with E-state index in [2.05, 4.69) is 10.9 Å². The van der Waals surface area contributed by atoms with Crippen LogP contribution in [0.5, 0.6) is 0 Å². The van der Waals surface area contributed by atoms with E-state index in [0.717, 1.165) is 29.7 Å². The second-order valence-corrected chi connectivity index (χ2v) is 7.53. The number of aryl methyl sites for hydroxylation is 2. The Morgan fingerprint density at radius 1 is 1.11 bits per heavy atom. The molecule has 0 bridgehead atoms. The summed E-state index contributed by atoms with van der Waals surface area (Å²) in [6, 6.07) is 13.0. The van der Waals surface area contributed by atoms with E-state index >= 15 is 0 Å². The fraction of sp³-hybridized carbons (Fsp3) is 0.333. The van der Waals surface area contributed by atoms with Gasteiger partial charge in [-0.3, -0.25) is 20.4 Å². The van der Waals surface area contributed by atoms with E-state index in [1.54, 1.807) is 17.0 Å². The summed E-state index contributed by atoms with van der Waals surface area (Å²) >= 11 is 5.95. The van der Waals surface area contributed by atoms with Crippen molar-refractivity contribution in [1.29, 1.82) is 0 Å². The lowest BCUT2D eigenvalue weighted by molar-refractivity contribution is -0.125. The van der Waals surface area contributed by atoms with Crippen LogP contribution in [0.1, 0.15) is 34.3 Å². The molecule has 0 saturated carbocycles. The Morgan fingerprint density at radius 2 is 1.85 bits per heavy atom. The first-order chi connectivity index (χ1) is 12.9. The number of benzene rings is 2. The average molecular weight is 386 g/mol. The highest BCUT2D eigenvalue weighted by molar-refractivity contribution is 6.30. The van der Waals surface area contributed by atoms with Crippen LogP contribution in [0.3, 0.4) is 0 Å². The van der Waals surface area contributed by atoms with Crippen LogP contribution < -0.4 is 10.9 Å². The van der Waals surface area contributed by atoms with E-state index in [1.807, 2.05) is 44.2 Å². The van der Waals surface area contributed by atoms with Gasteiger partial charge < -0.3 is 4.90 Å². The van der Waals surface area contributed by atoms with Gasteiger partial charge >= 0.3 is 0 Å². The summed E-state index contributed by atoms with van der Waals surface area (Å²) in [5, 5.41) is 0.595. The van der Waals surface area contributed by atoms with Crippen LogP contribution in [0.15, 0.2) is 42.5 Å². The van der Waals surface area contributed by atoms with Crippen molar-refractivity contribution >= 4 is 29.1 Å². The van der Waals surface area contributed by atoms with E-state index in [0.29, 0.717) is 23.7 Å². The molecule has 2 aromatic rings. The number of hydrogen-bond acceptors (Lipinski definition) is 3. The lowest BCUT2D eigenvalue weighted by atomic mass is 9.96. The van der Waals surface area contributed by atoms with Gasteiger partial charge in [0.25, 0.3) is 5.91 Å². The third-order valence-electron chi connectivity index (χ3n) is 4.70. The van der Waals surface area contributed by atoms with E-state index in [4.69, 9.17) is 11.6 Å². The van der Waals surface area contributed by atoms with Gasteiger partial charge in [-0.05, 0) is 57.0 Å². The molecule has 5 nitrogen and oxygen atoms in total. The molecule has 1 fully saturated rings. The molecule has 0 radical (unpaired) electrons. The van der Waals surface area contributed by atoms with Crippen molar-refractivity contribution in [1.82, 2.24) is 10.3 Å². The number of hydrogen-bond donors (Lipinski definition) is 2. The minimum absolute atomic E-state index is 0.0119. The third-order valence-corrected chi connectivity index (χ3v) is 4.94. The quantitative estimate of drug-likeness (QED) is 0.783. The van der Waals surface area contributed by atoms with E-state index in [9.17, 15) is 9.59 Å². The predicted octanol–water partition coefficient (Wildman–Crippen LogP) is 3.95. The number of nitrogens with one attached hydrogen (secondary N) is 2. The molecule has 0 aliphatic carbocycles. The minimum atomic E-state index is -0.236. The highest BCUT2D eigenvalue weighted by Gasteiger charge is 2.29. The molecular formula is C21H24ClN3O2. The first-order valence-electron chi connectivity index (χ1n) is 9.11. The van der Waals surface area contributed by atoms with Crippen molar-refractivity contribution in [3.63, 3.8) is 0 Å². The molecule has 6 heteroatoms. The number of anilines is 1. The maximum absolute atomic E-state index is 12.9. The molecule has 2 aromatic carbocycles. The Morgan fingerprint density at radius 3 is 2.56 bits per heavy atom. The van der Waals surface area contributed by atoms with Gasteiger partial charge in [0.15, 0.2) is 0 Å². The van der Waals surface area contributed by atoms with Gasteiger partial charge in [0.1, 0.15) is 0 Å². The maximum Gasteiger partial charge on any atom is 0.253 e. The summed E-state index contributed by atoms with van der Waals surface area (Å²) < 4.78 is 0. The number of likely N-dealkylation sites (tertiary alicyclic amines) is 1. The van der Waals surface area contributed by atoms with Crippen LogP contribution in [0.25, 0.3) is 0 Å². The molecule has 1 atom stereocenters. The number of carbonyl (C=O) groups excluding carboxylic acids is 2.